The van der Waals surface area contributed by atoms with Gasteiger partial charge in [-0.1, -0.05) is 73.7 Å². The minimum atomic E-state index is -0.425. The molecular weight excluding hydrogens is 382 g/mol. The van der Waals surface area contributed by atoms with Crippen molar-refractivity contribution in [3.63, 3.8) is 0 Å². The van der Waals surface area contributed by atoms with Gasteiger partial charge in [0.1, 0.15) is 0 Å². The smallest absolute Gasteiger partial charge is 0.226 e. The van der Waals surface area contributed by atoms with E-state index in [1.165, 1.54) is 5.56 Å². The molecule has 0 radical (unpaired) electrons. The second-order valence-electron chi connectivity index (χ2n) is 8.90. The lowest BCUT2D eigenvalue weighted by Gasteiger charge is -2.45. The molecule has 4 heteroatoms. The van der Waals surface area contributed by atoms with Crippen LogP contribution in [0.5, 0.6) is 0 Å². The van der Waals surface area contributed by atoms with E-state index in [0.29, 0.717) is 6.42 Å². The number of hydrogen-bond donors (Lipinski definition) is 0. The molecule has 1 heterocycles. The second kappa shape index (κ2) is 7.35. The van der Waals surface area contributed by atoms with Crippen molar-refractivity contribution >= 4 is 5.78 Å². The topological polar surface area (TPSA) is 39.2 Å². The highest BCUT2D eigenvalue weighted by Gasteiger charge is 2.51. The highest BCUT2D eigenvalue weighted by Crippen LogP contribution is 2.52. The molecule has 0 N–H and O–H groups in total. The van der Waals surface area contributed by atoms with Crippen molar-refractivity contribution in [2.45, 2.75) is 31.6 Å². The Kier molecular flexibility index (Phi) is 4.63. The Hall–Kier alpha value is -3.45. The Balaban J connectivity index is 1.64. The van der Waals surface area contributed by atoms with E-state index in [1.807, 2.05) is 54.2 Å². The molecule has 154 valence electrons. The lowest BCUT2D eigenvalue weighted by molar-refractivity contribution is -0.122. The predicted octanol–water partition coefficient (Wildman–Crippen LogP) is 5.15. The Morgan fingerprint density at radius 1 is 1.13 bits per heavy atom. The van der Waals surface area contributed by atoms with Crippen LogP contribution in [0, 0.1) is 18.4 Å². The average Bonchev–Trinajstić information content (AvgIpc) is 3.14. The summed E-state index contributed by atoms with van der Waals surface area (Å²) in [7, 11) is 1.99. The molecule has 0 saturated carbocycles. The van der Waals surface area contributed by atoms with E-state index >= 15 is 0 Å². The van der Waals surface area contributed by atoms with Gasteiger partial charge in [0.05, 0.1) is 18.0 Å². The van der Waals surface area contributed by atoms with Crippen LogP contribution in [0.4, 0.5) is 0 Å². The molecule has 2 aromatic carbocycles. The number of ketones is 1. The van der Waals surface area contributed by atoms with Gasteiger partial charge in [-0.25, -0.2) is 4.85 Å². The summed E-state index contributed by atoms with van der Waals surface area (Å²) in [6.07, 6.45) is 4.39. The standard InChI is InChI=1S/C27H25N3O/c1-27-17-23(28-2)25(31)21(16-18-10-6-4-7-11-18)22(27)15-14-20-24(30(3)29-26(20)27)19-12-8-5-9-13-19/h4-13,17,21-22H,14-16H2,1,3H3/t21-,22-,27-/m0/s1. The number of allylic oxidation sites excluding steroid dienone is 2. The number of benzene rings is 2. The molecule has 0 bridgehead atoms. The van der Waals surface area contributed by atoms with Crippen molar-refractivity contribution in [1.82, 2.24) is 9.78 Å². The lowest BCUT2D eigenvalue weighted by Crippen LogP contribution is -2.47. The molecular formula is C27H25N3O. The van der Waals surface area contributed by atoms with Crippen LogP contribution in [0.3, 0.4) is 0 Å². The van der Waals surface area contributed by atoms with Crippen LogP contribution >= 0.6 is 0 Å². The van der Waals surface area contributed by atoms with Crippen molar-refractivity contribution in [2.24, 2.45) is 18.9 Å². The van der Waals surface area contributed by atoms with E-state index in [2.05, 4.69) is 36.0 Å². The van der Waals surface area contributed by atoms with Gasteiger partial charge < -0.3 is 4.79 Å². The summed E-state index contributed by atoms with van der Waals surface area (Å²) in [6, 6.07) is 20.5. The highest BCUT2D eigenvalue weighted by atomic mass is 16.1. The largest absolute Gasteiger partial charge is 0.308 e. The molecule has 5 rings (SSSR count). The van der Waals surface area contributed by atoms with Gasteiger partial charge in [0, 0.05) is 29.5 Å². The fraction of sp³-hybridized carbons (Fsp3) is 0.296. The first-order valence-electron chi connectivity index (χ1n) is 10.8. The van der Waals surface area contributed by atoms with E-state index in [-0.39, 0.29) is 23.3 Å². The zero-order valence-corrected chi connectivity index (χ0v) is 17.9. The van der Waals surface area contributed by atoms with E-state index in [9.17, 15) is 4.79 Å². The van der Waals surface area contributed by atoms with Crippen molar-refractivity contribution < 1.29 is 4.79 Å². The first-order valence-corrected chi connectivity index (χ1v) is 10.8. The number of nitrogens with zero attached hydrogens (tertiary/aromatic N) is 3. The van der Waals surface area contributed by atoms with Crippen molar-refractivity contribution in [3.05, 3.63) is 101 Å². The van der Waals surface area contributed by atoms with E-state index < -0.39 is 5.41 Å². The van der Waals surface area contributed by atoms with Gasteiger partial charge >= 0.3 is 0 Å². The SMILES string of the molecule is [C-]#[N+]C1=C[C@]2(C)c3nn(C)c(-c4ccccc4)c3CC[C@H]2[C@H](Cc2ccccc2)C1=O. The molecule has 0 saturated heterocycles. The maximum atomic E-state index is 13.3. The molecule has 3 atom stereocenters. The quantitative estimate of drug-likeness (QED) is 0.563. The van der Waals surface area contributed by atoms with Gasteiger partial charge in [0.2, 0.25) is 5.70 Å². The first-order chi connectivity index (χ1) is 15.0. The molecule has 0 fully saturated rings. The maximum Gasteiger partial charge on any atom is 0.226 e. The molecule has 0 amide bonds. The van der Waals surface area contributed by atoms with Crippen LogP contribution in [0.1, 0.15) is 30.2 Å². The first kappa shape index (κ1) is 19.5. The molecule has 31 heavy (non-hydrogen) atoms. The fourth-order valence-electron chi connectivity index (χ4n) is 5.68. The summed E-state index contributed by atoms with van der Waals surface area (Å²) in [6.45, 7) is 9.84. The van der Waals surface area contributed by atoms with Crippen molar-refractivity contribution in [1.29, 1.82) is 0 Å². The van der Waals surface area contributed by atoms with Gasteiger partial charge in [-0.2, -0.15) is 5.10 Å². The Morgan fingerprint density at radius 2 is 1.81 bits per heavy atom. The number of aryl methyl sites for hydroxylation is 1. The van der Waals surface area contributed by atoms with Gasteiger partial charge in [-0.15, -0.1) is 0 Å². The number of carbonyl (C=O) groups excluding carboxylic acids is 1. The molecule has 2 aliphatic carbocycles. The van der Waals surface area contributed by atoms with E-state index in [1.54, 1.807) is 0 Å². The second-order valence-corrected chi connectivity index (χ2v) is 8.90. The third-order valence-corrected chi connectivity index (χ3v) is 7.11. The normalized spacial score (nSPS) is 24.7. The molecule has 0 unspecified atom stereocenters. The van der Waals surface area contributed by atoms with Crippen LogP contribution in [0.15, 0.2) is 72.4 Å². The monoisotopic (exact) mass is 407 g/mol. The Morgan fingerprint density at radius 3 is 2.48 bits per heavy atom. The maximum absolute atomic E-state index is 13.3. The summed E-state index contributed by atoms with van der Waals surface area (Å²) in [5.41, 5.74) is 5.56. The number of rotatable bonds is 3. The number of fused-ring (bicyclic) bond motifs is 3. The number of hydrogen-bond acceptors (Lipinski definition) is 2. The number of carbonyl (C=O) groups is 1. The zero-order valence-electron chi connectivity index (χ0n) is 17.9. The molecule has 2 aliphatic rings. The van der Waals surface area contributed by atoms with Gasteiger partial charge in [-0.05, 0) is 30.7 Å². The predicted molar refractivity (Wildman–Crippen MR) is 121 cm³/mol. The van der Waals surface area contributed by atoms with Crippen LogP contribution in [-0.2, 0) is 30.1 Å². The average molecular weight is 408 g/mol. The van der Waals surface area contributed by atoms with Crippen LogP contribution in [-0.4, -0.2) is 15.6 Å². The summed E-state index contributed by atoms with van der Waals surface area (Å²) >= 11 is 0. The number of Topliss-reactive ketones (excluding diaryl/α,β-unsaturated/α-hetero) is 1. The third kappa shape index (κ3) is 3.04. The molecule has 4 nitrogen and oxygen atoms in total. The highest BCUT2D eigenvalue weighted by molar-refractivity contribution is 6.00. The fourth-order valence-corrected chi connectivity index (χ4v) is 5.68. The molecule has 0 aliphatic heterocycles. The zero-order chi connectivity index (χ0) is 21.6. The lowest BCUT2D eigenvalue weighted by atomic mass is 9.57. The minimum Gasteiger partial charge on any atom is -0.308 e. The van der Waals surface area contributed by atoms with Crippen LogP contribution in [0.2, 0.25) is 0 Å². The summed E-state index contributed by atoms with van der Waals surface area (Å²) in [5, 5.41) is 4.98. The number of aromatic nitrogens is 2. The van der Waals surface area contributed by atoms with Crippen molar-refractivity contribution in [2.75, 3.05) is 0 Å². The Labute approximate surface area is 183 Å². The Bertz CT molecular complexity index is 1220. The van der Waals surface area contributed by atoms with Crippen molar-refractivity contribution in [3.8, 4) is 11.3 Å². The van der Waals surface area contributed by atoms with E-state index in [0.717, 1.165) is 35.4 Å². The van der Waals surface area contributed by atoms with E-state index in [4.69, 9.17) is 11.7 Å². The van der Waals surface area contributed by atoms with Gasteiger partial charge in [-0.3, -0.25) is 4.68 Å². The van der Waals surface area contributed by atoms with Crippen LogP contribution in [0.25, 0.3) is 16.1 Å². The summed E-state index contributed by atoms with van der Waals surface area (Å²) < 4.78 is 1.97. The molecule has 3 aromatic rings. The minimum absolute atomic E-state index is 0.0102. The van der Waals surface area contributed by atoms with Crippen LogP contribution < -0.4 is 0 Å². The summed E-state index contributed by atoms with van der Waals surface area (Å²) in [4.78, 5) is 16.9. The van der Waals surface area contributed by atoms with Gasteiger partial charge in [0.15, 0.2) is 5.78 Å². The van der Waals surface area contributed by atoms with Gasteiger partial charge in [0.25, 0.3) is 0 Å². The molecule has 1 aromatic heterocycles. The summed E-state index contributed by atoms with van der Waals surface area (Å²) in [5.74, 6) is -0.0717. The molecule has 0 spiro atoms. The third-order valence-electron chi connectivity index (χ3n) is 7.11.